The molecule has 2 aromatic carbocycles. The van der Waals surface area contributed by atoms with Crippen LogP contribution in [0.25, 0.3) is 0 Å². The molecule has 0 aliphatic carbocycles. The maximum atomic E-state index is 13.0. The summed E-state index contributed by atoms with van der Waals surface area (Å²) in [7, 11) is 0. The van der Waals surface area contributed by atoms with Crippen molar-refractivity contribution in [3.8, 4) is 0 Å². The van der Waals surface area contributed by atoms with E-state index in [0.29, 0.717) is 5.69 Å². The number of hydrogen-bond donors (Lipinski definition) is 1. The van der Waals surface area contributed by atoms with Gasteiger partial charge in [-0.15, -0.1) is 0 Å². The van der Waals surface area contributed by atoms with Crippen LogP contribution >= 0.6 is 11.6 Å². The quantitative estimate of drug-likeness (QED) is 0.809. The van der Waals surface area contributed by atoms with Crippen molar-refractivity contribution in [1.29, 1.82) is 0 Å². The summed E-state index contributed by atoms with van der Waals surface area (Å²) in [5.74, 6) is -1.82. The van der Waals surface area contributed by atoms with Crippen molar-refractivity contribution in [2.75, 3.05) is 11.9 Å². The molecular weight excluding hydrogens is 345 g/mol. The number of hydrogen-bond acceptors (Lipinski definition) is 3. The second kappa shape index (κ2) is 7.66. The fraction of sp³-hybridized carbons (Fsp3) is 0.263. The Kier molecular flexibility index (Phi) is 5.80. The van der Waals surface area contributed by atoms with Crippen LogP contribution in [0, 0.1) is 5.82 Å². The van der Waals surface area contributed by atoms with Gasteiger partial charge in [-0.25, -0.2) is 9.18 Å². The Morgan fingerprint density at radius 3 is 2.32 bits per heavy atom. The van der Waals surface area contributed by atoms with Crippen molar-refractivity contribution in [3.05, 3.63) is 64.4 Å². The van der Waals surface area contributed by atoms with E-state index in [1.54, 1.807) is 12.1 Å². The molecule has 4 nitrogen and oxygen atoms in total. The zero-order chi connectivity index (χ0) is 18.6. The maximum absolute atomic E-state index is 13.0. The van der Waals surface area contributed by atoms with Crippen LogP contribution in [0.15, 0.2) is 42.5 Å². The van der Waals surface area contributed by atoms with Crippen LogP contribution in [0.5, 0.6) is 0 Å². The monoisotopic (exact) mass is 363 g/mol. The minimum absolute atomic E-state index is 0.00500. The van der Waals surface area contributed by atoms with E-state index >= 15 is 0 Å². The van der Waals surface area contributed by atoms with Crippen molar-refractivity contribution < 1.29 is 18.7 Å². The minimum atomic E-state index is -0.789. The highest BCUT2D eigenvalue weighted by Crippen LogP contribution is 2.23. The first-order valence-electron chi connectivity index (χ1n) is 7.69. The summed E-state index contributed by atoms with van der Waals surface area (Å²) >= 11 is 5.78. The van der Waals surface area contributed by atoms with Gasteiger partial charge in [-0.2, -0.15) is 0 Å². The average molecular weight is 364 g/mol. The molecule has 2 aromatic rings. The van der Waals surface area contributed by atoms with Crippen LogP contribution in [0.1, 0.15) is 36.7 Å². The molecule has 1 amide bonds. The van der Waals surface area contributed by atoms with Crippen molar-refractivity contribution >= 4 is 29.2 Å². The predicted molar refractivity (Wildman–Crippen MR) is 95.5 cm³/mol. The van der Waals surface area contributed by atoms with Crippen LogP contribution in [0.2, 0.25) is 5.02 Å². The summed E-state index contributed by atoms with van der Waals surface area (Å²) in [5, 5.41) is 2.58. The normalized spacial score (nSPS) is 11.1. The Balaban J connectivity index is 1.91. The zero-order valence-electron chi connectivity index (χ0n) is 14.2. The third-order valence-corrected chi connectivity index (χ3v) is 3.83. The van der Waals surface area contributed by atoms with Crippen LogP contribution in [-0.2, 0) is 14.9 Å². The number of halogens is 2. The molecule has 0 bridgehead atoms. The van der Waals surface area contributed by atoms with Crippen molar-refractivity contribution in [2.45, 2.75) is 26.2 Å². The van der Waals surface area contributed by atoms with Gasteiger partial charge in [0, 0.05) is 5.69 Å². The van der Waals surface area contributed by atoms with E-state index in [2.05, 4.69) is 26.1 Å². The topological polar surface area (TPSA) is 55.4 Å². The Labute approximate surface area is 150 Å². The molecule has 0 fully saturated rings. The van der Waals surface area contributed by atoms with Gasteiger partial charge in [-0.1, -0.05) is 44.5 Å². The summed E-state index contributed by atoms with van der Waals surface area (Å²) in [6.07, 6.45) is 0. The molecule has 25 heavy (non-hydrogen) atoms. The van der Waals surface area contributed by atoms with E-state index in [0.717, 1.165) is 17.7 Å². The molecule has 2 rings (SSSR count). The first-order chi connectivity index (χ1) is 11.7. The van der Waals surface area contributed by atoms with E-state index < -0.39 is 24.3 Å². The second-order valence-electron chi connectivity index (χ2n) is 6.58. The second-order valence-corrected chi connectivity index (χ2v) is 6.98. The number of rotatable bonds is 4. The minimum Gasteiger partial charge on any atom is -0.452 e. The lowest BCUT2D eigenvalue weighted by atomic mass is 9.87. The number of carbonyl (C=O) groups is 2. The molecular formula is C19H19ClFNO3. The smallest absolute Gasteiger partial charge is 0.340 e. The molecule has 132 valence electrons. The van der Waals surface area contributed by atoms with Gasteiger partial charge >= 0.3 is 5.97 Å². The fourth-order valence-corrected chi connectivity index (χ4v) is 2.36. The van der Waals surface area contributed by atoms with Gasteiger partial charge in [0.05, 0.1) is 10.6 Å². The number of carbonyl (C=O) groups excluding carboxylic acids is 2. The standard InChI is InChI=1S/C19H19ClFNO3/c1-19(2,3)12-4-7-14(8-5-12)22-17(23)11-25-18(24)15-9-6-13(21)10-16(15)20/h4-10H,11H2,1-3H3,(H,22,23). The molecule has 0 atom stereocenters. The highest BCUT2D eigenvalue weighted by molar-refractivity contribution is 6.33. The highest BCUT2D eigenvalue weighted by Gasteiger charge is 2.15. The summed E-state index contributed by atoms with van der Waals surface area (Å²) in [4.78, 5) is 23.8. The molecule has 0 aliphatic rings. The van der Waals surface area contributed by atoms with E-state index in [1.165, 1.54) is 6.07 Å². The van der Waals surface area contributed by atoms with Gasteiger partial charge in [0.25, 0.3) is 5.91 Å². The number of nitrogens with one attached hydrogen (secondary N) is 1. The molecule has 0 spiro atoms. The molecule has 0 saturated carbocycles. The molecule has 0 radical (unpaired) electrons. The number of benzene rings is 2. The molecule has 1 N–H and O–H groups in total. The average Bonchev–Trinajstić information content (AvgIpc) is 2.52. The Hall–Kier alpha value is -2.40. The third kappa shape index (κ3) is 5.29. The van der Waals surface area contributed by atoms with E-state index in [9.17, 15) is 14.0 Å². The van der Waals surface area contributed by atoms with Gasteiger partial charge in [0.2, 0.25) is 0 Å². The molecule has 0 aromatic heterocycles. The molecule has 0 aliphatic heterocycles. The number of esters is 1. The fourth-order valence-electron chi connectivity index (χ4n) is 2.11. The van der Waals surface area contributed by atoms with Gasteiger partial charge in [-0.05, 0) is 41.3 Å². The van der Waals surface area contributed by atoms with Crippen LogP contribution in [-0.4, -0.2) is 18.5 Å². The maximum Gasteiger partial charge on any atom is 0.340 e. The first kappa shape index (κ1) is 18.9. The van der Waals surface area contributed by atoms with Crippen LogP contribution in [0.3, 0.4) is 0 Å². The summed E-state index contributed by atoms with van der Waals surface area (Å²) in [6, 6.07) is 10.8. The molecule has 6 heteroatoms. The number of amides is 1. The lowest BCUT2D eigenvalue weighted by Crippen LogP contribution is -2.21. The lowest BCUT2D eigenvalue weighted by Gasteiger charge is -2.19. The number of ether oxygens (including phenoxy) is 1. The lowest BCUT2D eigenvalue weighted by molar-refractivity contribution is -0.119. The van der Waals surface area contributed by atoms with E-state index in [1.807, 2.05) is 12.1 Å². The SMILES string of the molecule is CC(C)(C)c1ccc(NC(=O)COC(=O)c2ccc(F)cc2Cl)cc1. The number of anilines is 1. The van der Waals surface area contributed by atoms with Crippen molar-refractivity contribution in [2.24, 2.45) is 0 Å². The predicted octanol–water partition coefficient (Wildman–Crippen LogP) is 4.57. The summed E-state index contributed by atoms with van der Waals surface area (Å²) in [6.45, 7) is 5.83. The van der Waals surface area contributed by atoms with Gasteiger partial charge in [-0.3, -0.25) is 4.79 Å². The van der Waals surface area contributed by atoms with Crippen LogP contribution < -0.4 is 5.32 Å². The first-order valence-corrected chi connectivity index (χ1v) is 8.07. The highest BCUT2D eigenvalue weighted by atomic mass is 35.5. The van der Waals surface area contributed by atoms with E-state index in [-0.39, 0.29) is 16.0 Å². The van der Waals surface area contributed by atoms with E-state index in [4.69, 9.17) is 16.3 Å². The van der Waals surface area contributed by atoms with Gasteiger partial charge in [0.1, 0.15) is 5.82 Å². The third-order valence-electron chi connectivity index (χ3n) is 3.52. The zero-order valence-corrected chi connectivity index (χ0v) is 15.0. The van der Waals surface area contributed by atoms with Gasteiger partial charge < -0.3 is 10.1 Å². The molecule has 0 saturated heterocycles. The largest absolute Gasteiger partial charge is 0.452 e. The Morgan fingerprint density at radius 1 is 1.12 bits per heavy atom. The summed E-state index contributed by atoms with van der Waals surface area (Å²) < 4.78 is 17.9. The van der Waals surface area contributed by atoms with Crippen molar-refractivity contribution in [3.63, 3.8) is 0 Å². The van der Waals surface area contributed by atoms with Crippen LogP contribution in [0.4, 0.5) is 10.1 Å². The molecule has 0 heterocycles. The Bertz CT molecular complexity index is 782. The summed E-state index contributed by atoms with van der Waals surface area (Å²) in [5.41, 5.74) is 1.77. The van der Waals surface area contributed by atoms with Gasteiger partial charge in [0.15, 0.2) is 6.61 Å². The Morgan fingerprint density at radius 2 is 1.76 bits per heavy atom. The molecule has 0 unspecified atom stereocenters. The van der Waals surface area contributed by atoms with Crippen molar-refractivity contribution in [1.82, 2.24) is 0 Å².